The molecular formula is C10H14O7Si2. The number of hydrogen-bond acceptors (Lipinski definition) is 7. The number of esters is 4. The Morgan fingerprint density at radius 1 is 0.737 bits per heavy atom. The molecule has 2 aliphatic heterocycles. The van der Waals surface area contributed by atoms with Gasteiger partial charge in [-0.3, -0.25) is 19.2 Å². The van der Waals surface area contributed by atoms with Gasteiger partial charge in [-0.2, -0.15) is 0 Å². The van der Waals surface area contributed by atoms with Gasteiger partial charge >= 0.3 is 23.9 Å². The highest BCUT2D eigenvalue weighted by Crippen LogP contribution is 2.40. The van der Waals surface area contributed by atoms with E-state index in [2.05, 4.69) is 9.47 Å². The second-order valence-electron chi connectivity index (χ2n) is 5.66. The summed E-state index contributed by atoms with van der Waals surface area (Å²) < 4.78 is 14.6. The quantitative estimate of drug-likeness (QED) is 0.419. The molecule has 0 bridgehead atoms. The van der Waals surface area contributed by atoms with Gasteiger partial charge in [-0.15, -0.1) is 0 Å². The Labute approximate surface area is 111 Å². The van der Waals surface area contributed by atoms with Crippen molar-refractivity contribution in [1.82, 2.24) is 0 Å². The van der Waals surface area contributed by atoms with Crippen LogP contribution in [0.25, 0.3) is 0 Å². The Morgan fingerprint density at radius 2 is 1.00 bits per heavy atom. The van der Waals surface area contributed by atoms with E-state index < -0.39 is 51.6 Å². The minimum Gasteiger partial charge on any atom is -0.453 e. The van der Waals surface area contributed by atoms with Crippen LogP contribution in [0.1, 0.15) is 0 Å². The molecular weight excluding hydrogens is 288 g/mol. The van der Waals surface area contributed by atoms with Crippen LogP contribution in [0.4, 0.5) is 0 Å². The van der Waals surface area contributed by atoms with Gasteiger partial charge in [0.25, 0.3) is 0 Å². The second kappa shape index (κ2) is 4.08. The third-order valence-corrected chi connectivity index (χ3v) is 11.2. The summed E-state index contributed by atoms with van der Waals surface area (Å²) in [5, 5.41) is 0. The topological polar surface area (TPSA) is 96.0 Å². The first-order valence-electron chi connectivity index (χ1n) is 5.77. The molecule has 7 nitrogen and oxygen atoms in total. The van der Waals surface area contributed by atoms with Crippen molar-refractivity contribution in [1.29, 1.82) is 0 Å². The van der Waals surface area contributed by atoms with Gasteiger partial charge in [-0.05, 0) is 26.2 Å². The van der Waals surface area contributed by atoms with E-state index in [0.717, 1.165) is 0 Å². The zero-order valence-electron chi connectivity index (χ0n) is 11.0. The lowest BCUT2D eigenvalue weighted by molar-refractivity contribution is -0.176. The van der Waals surface area contributed by atoms with Crippen LogP contribution in [0, 0.1) is 0 Å². The van der Waals surface area contributed by atoms with Crippen molar-refractivity contribution in [3.8, 4) is 0 Å². The van der Waals surface area contributed by atoms with E-state index in [1.54, 1.807) is 26.2 Å². The number of hydrogen-bond donors (Lipinski definition) is 0. The Kier molecular flexibility index (Phi) is 3.03. The maximum atomic E-state index is 11.3. The first-order chi connectivity index (χ1) is 8.56. The van der Waals surface area contributed by atoms with Crippen LogP contribution in [-0.2, 0) is 32.8 Å². The van der Waals surface area contributed by atoms with Gasteiger partial charge in [0, 0.05) is 0 Å². The second-order valence-corrected chi connectivity index (χ2v) is 14.0. The molecule has 0 aliphatic carbocycles. The summed E-state index contributed by atoms with van der Waals surface area (Å²) in [6.07, 6.45) is 0. The number of ether oxygens (including phenoxy) is 2. The Hall–Kier alpha value is -1.33. The third kappa shape index (κ3) is 2.17. The molecule has 2 aliphatic rings. The van der Waals surface area contributed by atoms with Gasteiger partial charge in [0.15, 0.2) is 11.1 Å². The van der Waals surface area contributed by atoms with Crippen LogP contribution in [0.5, 0.6) is 0 Å². The summed E-state index contributed by atoms with van der Waals surface area (Å²) in [4.78, 5) is 45.3. The van der Waals surface area contributed by atoms with Crippen molar-refractivity contribution < 1.29 is 32.8 Å². The Balaban J connectivity index is 2.15. The Morgan fingerprint density at radius 3 is 1.21 bits per heavy atom. The number of carbonyl (C=O) groups is 4. The smallest absolute Gasteiger partial charge is 0.327 e. The summed E-state index contributed by atoms with van der Waals surface area (Å²) in [6.45, 7) is 6.83. The maximum absolute atomic E-state index is 11.3. The molecule has 0 radical (unpaired) electrons. The van der Waals surface area contributed by atoms with E-state index in [1.807, 2.05) is 0 Å². The lowest BCUT2D eigenvalue weighted by Gasteiger charge is -2.42. The zero-order valence-corrected chi connectivity index (χ0v) is 13.0. The van der Waals surface area contributed by atoms with Crippen molar-refractivity contribution in [2.45, 2.75) is 37.3 Å². The summed E-state index contributed by atoms with van der Waals surface area (Å²) in [7, 11) is -5.42. The van der Waals surface area contributed by atoms with Crippen molar-refractivity contribution in [2.24, 2.45) is 0 Å². The highest BCUT2D eigenvalue weighted by Gasteiger charge is 2.61. The molecule has 0 atom stereocenters. The highest BCUT2D eigenvalue weighted by molar-refractivity contribution is 6.92. The summed E-state index contributed by atoms with van der Waals surface area (Å²) >= 11 is 0. The van der Waals surface area contributed by atoms with Crippen molar-refractivity contribution in [3.63, 3.8) is 0 Å². The highest BCUT2D eigenvalue weighted by atomic mass is 28.4. The van der Waals surface area contributed by atoms with E-state index in [9.17, 15) is 19.2 Å². The first kappa shape index (κ1) is 14.1. The van der Waals surface area contributed by atoms with E-state index in [0.29, 0.717) is 0 Å². The van der Waals surface area contributed by atoms with Crippen LogP contribution in [-0.4, -0.2) is 40.5 Å². The molecule has 0 saturated carbocycles. The number of cyclic esters (lactones) is 4. The number of carbonyl (C=O) groups excluding carboxylic acids is 4. The standard InChI is InChI=1S/C10H14O7Si2/c1-18(2,5-7(11)15-8(5)12)17-19(3,4)6-9(13)16-10(6)14/h5-6H,1-4H3. The predicted molar refractivity (Wildman–Crippen MR) is 65.7 cm³/mol. The maximum Gasteiger partial charge on any atom is 0.327 e. The number of rotatable bonds is 4. The molecule has 0 aromatic heterocycles. The van der Waals surface area contributed by atoms with Crippen LogP contribution in [0.15, 0.2) is 0 Å². The average Bonchev–Trinajstić information content (AvgIpc) is 2.11. The molecule has 19 heavy (non-hydrogen) atoms. The van der Waals surface area contributed by atoms with Crippen molar-refractivity contribution >= 4 is 40.5 Å². The zero-order chi connectivity index (χ0) is 14.6. The molecule has 104 valence electrons. The van der Waals surface area contributed by atoms with Crippen molar-refractivity contribution in [2.75, 3.05) is 0 Å². The SMILES string of the molecule is C[Si](C)(O[Si](C)(C)C1C(=O)OC1=O)C1C(=O)OC1=O. The van der Waals surface area contributed by atoms with Gasteiger partial charge < -0.3 is 13.6 Å². The minimum atomic E-state index is -2.71. The molecule has 2 fully saturated rings. The van der Waals surface area contributed by atoms with Gasteiger partial charge in [0.1, 0.15) is 0 Å². The fourth-order valence-electron chi connectivity index (χ4n) is 2.44. The van der Waals surface area contributed by atoms with E-state index in [1.165, 1.54) is 0 Å². The molecule has 0 aromatic rings. The Bertz CT molecular complexity index is 424. The average molecular weight is 302 g/mol. The molecule has 2 rings (SSSR count). The first-order valence-corrected chi connectivity index (χ1v) is 11.7. The van der Waals surface area contributed by atoms with Crippen LogP contribution < -0.4 is 0 Å². The lowest BCUT2D eigenvalue weighted by Crippen LogP contribution is -2.61. The predicted octanol–water partition coefficient (Wildman–Crippen LogP) is 0.320. The van der Waals surface area contributed by atoms with Gasteiger partial charge in [-0.25, -0.2) is 0 Å². The van der Waals surface area contributed by atoms with Gasteiger partial charge in [-0.1, -0.05) is 0 Å². The molecule has 0 aromatic carbocycles. The van der Waals surface area contributed by atoms with Crippen LogP contribution in [0.2, 0.25) is 37.3 Å². The molecule has 0 N–H and O–H groups in total. The molecule has 2 saturated heterocycles. The molecule has 0 unspecified atom stereocenters. The molecule has 0 amide bonds. The fourth-order valence-corrected chi connectivity index (χ4v) is 11.3. The van der Waals surface area contributed by atoms with Crippen LogP contribution >= 0.6 is 0 Å². The largest absolute Gasteiger partial charge is 0.453 e. The van der Waals surface area contributed by atoms with Gasteiger partial charge in [0.05, 0.1) is 0 Å². The summed E-state index contributed by atoms with van der Waals surface area (Å²) in [5.41, 5.74) is -1.74. The monoisotopic (exact) mass is 302 g/mol. The van der Waals surface area contributed by atoms with E-state index >= 15 is 0 Å². The lowest BCUT2D eigenvalue weighted by atomic mass is 10.3. The molecule has 0 spiro atoms. The van der Waals surface area contributed by atoms with E-state index in [4.69, 9.17) is 4.12 Å². The summed E-state index contributed by atoms with van der Waals surface area (Å²) in [6, 6.07) is 0. The normalized spacial score (nSPS) is 21.7. The molecule has 9 heteroatoms. The molecule has 2 heterocycles. The third-order valence-electron chi connectivity index (χ3n) is 3.26. The van der Waals surface area contributed by atoms with Gasteiger partial charge in [0.2, 0.25) is 16.6 Å². The summed E-state index contributed by atoms with van der Waals surface area (Å²) in [5.74, 6) is -2.36. The minimum absolute atomic E-state index is 0.589. The van der Waals surface area contributed by atoms with Crippen molar-refractivity contribution in [3.05, 3.63) is 0 Å². The van der Waals surface area contributed by atoms with Crippen LogP contribution in [0.3, 0.4) is 0 Å². The van der Waals surface area contributed by atoms with E-state index in [-0.39, 0.29) is 0 Å². The fraction of sp³-hybridized carbons (Fsp3) is 0.600.